The highest BCUT2D eigenvalue weighted by molar-refractivity contribution is 5.73. The zero-order valence-corrected chi connectivity index (χ0v) is 8.36. The highest BCUT2D eigenvalue weighted by Gasteiger charge is 2.16. The van der Waals surface area contributed by atoms with Crippen molar-refractivity contribution in [1.82, 2.24) is 0 Å². The van der Waals surface area contributed by atoms with Gasteiger partial charge in [-0.15, -0.1) is 0 Å². The van der Waals surface area contributed by atoms with Gasteiger partial charge in [0.05, 0.1) is 29.6 Å². The summed E-state index contributed by atoms with van der Waals surface area (Å²) in [7, 11) is 0. The Labute approximate surface area is 88.6 Å². The predicted molar refractivity (Wildman–Crippen MR) is 58.4 cm³/mol. The van der Waals surface area contributed by atoms with E-state index in [-0.39, 0.29) is 0 Å². The second kappa shape index (κ2) is 4.20. The predicted octanol–water partition coefficient (Wildman–Crippen LogP) is 1.34. The number of anilines is 2. The van der Waals surface area contributed by atoms with Crippen LogP contribution < -0.4 is 11.1 Å². The Hall–Kier alpha value is -1.73. The van der Waals surface area contributed by atoms with Gasteiger partial charge in [-0.1, -0.05) is 6.07 Å². The molecule has 1 aliphatic heterocycles. The molecule has 15 heavy (non-hydrogen) atoms. The van der Waals surface area contributed by atoms with Crippen molar-refractivity contribution in [2.45, 2.75) is 12.5 Å². The molecule has 0 spiro atoms. The second-order valence-corrected chi connectivity index (χ2v) is 3.58. The molecule has 1 aromatic rings. The SMILES string of the molecule is N#Cc1cccc(NC2CCOC2)c1N. The molecule has 4 heteroatoms. The highest BCUT2D eigenvalue weighted by Crippen LogP contribution is 2.24. The van der Waals surface area contributed by atoms with Crippen molar-refractivity contribution in [3.8, 4) is 6.07 Å². The number of para-hydroxylation sites is 1. The van der Waals surface area contributed by atoms with Crippen LogP contribution in [0.2, 0.25) is 0 Å². The van der Waals surface area contributed by atoms with Crippen molar-refractivity contribution in [3.05, 3.63) is 23.8 Å². The van der Waals surface area contributed by atoms with E-state index in [2.05, 4.69) is 11.4 Å². The smallest absolute Gasteiger partial charge is 0.101 e. The van der Waals surface area contributed by atoms with Gasteiger partial charge in [0.15, 0.2) is 0 Å². The molecule has 1 atom stereocenters. The topological polar surface area (TPSA) is 71.1 Å². The molecular weight excluding hydrogens is 190 g/mol. The van der Waals surface area contributed by atoms with Crippen molar-refractivity contribution in [2.75, 3.05) is 24.3 Å². The quantitative estimate of drug-likeness (QED) is 0.711. The molecule has 1 saturated heterocycles. The number of nitrogens with one attached hydrogen (secondary N) is 1. The van der Waals surface area contributed by atoms with Crippen LogP contribution in [0.5, 0.6) is 0 Å². The van der Waals surface area contributed by atoms with E-state index in [1.54, 1.807) is 6.07 Å². The molecule has 0 saturated carbocycles. The summed E-state index contributed by atoms with van der Waals surface area (Å²) in [6.45, 7) is 1.49. The van der Waals surface area contributed by atoms with Gasteiger partial charge < -0.3 is 15.8 Å². The van der Waals surface area contributed by atoms with Gasteiger partial charge in [0.25, 0.3) is 0 Å². The molecular formula is C11H13N3O. The third-order valence-corrected chi connectivity index (χ3v) is 2.52. The summed E-state index contributed by atoms with van der Waals surface area (Å²) >= 11 is 0. The lowest BCUT2D eigenvalue weighted by atomic mass is 10.1. The number of nitrogen functional groups attached to an aromatic ring is 1. The first-order valence-corrected chi connectivity index (χ1v) is 4.94. The third kappa shape index (κ3) is 2.03. The number of rotatable bonds is 2. The Kier molecular flexibility index (Phi) is 2.75. The lowest BCUT2D eigenvalue weighted by Crippen LogP contribution is -2.19. The van der Waals surface area contributed by atoms with Gasteiger partial charge >= 0.3 is 0 Å². The first-order chi connectivity index (χ1) is 7.31. The summed E-state index contributed by atoms with van der Waals surface area (Å²) in [4.78, 5) is 0. The molecule has 4 nitrogen and oxygen atoms in total. The van der Waals surface area contributed by atoms with E-state index in [1.807, 2.05) is 12.1 Å². The van der Waals surface area contributed by atoms with Crippen molar-refractivity contribution in [1.29, 1.82) is 5.26 Å². The number of nitrogens with two attached hydrogens (primary N) is 1. The molecule has 0 amide bonds. The van der Waals surface area contributed by atoms with Gasteiger partial charge in [-0.3, -0.25) is 0 Å². The van der Waals surface area contributed by atoms with Crippen LogP contribution in [0.4, 0.5) is 11.4 Å². The summed E-state index contributed by atoms with van der Waals surface area (Å²) < 4.78 is 5.26. The molecule has 1 aromatic carbocycles. The minimum absolute atomic E-state index is 0.307. The van der Waals surface area contributed by atoms with Crippen LogP contribution in [0.3, 0.4) is 0 Å². The largest absolute Gasteiger partial charge is 0.396 e. The van der Waals surface area contributed by atoms with E-state index in [0.717, 1.165) is 18.7 Å². The summed E-state index contributed by atoms with van der Waals surface area (Å²) in [5.74, 6) is 0. The summed E-state index contributed by atoms with van der Waals surface area (Å²) in [5.41, 5.74) is 7.70. The van der Waals surface area contributed by atoms with Crippen LogP contribution in [0.25, 0.3) is 0 Å². The summed E-state index contributed by atoms with van der Waals surface area (Å²) in [6, 6.07) is 7.79. The minimum Gasteiger partial charge on any atom is -0.396 e. The number of hydrogen-bond acceptors (Lipinski definition) is 4. The van der Waals surface area contributed by atoms with Crippen molar-refractivity contribution in [2.24, 2.45) is 0 Å². The van der Waals surface area contributed by atoms with Crippen LogP contribution in [-0.2, 0) is 4.74 Å². The Morgan fingerprint density at radius 1 is 1.53 bits per heavy atom. The van der Waals surface area contributed by atoms with E-state index in [4.69, 9.17) is 15.7 Å². The molecule has 0 radical (unpaired) electrons. The van der Waals surface area contributed by atoms with Gasteiger partial charge in [-0.25, -0.2) is 0 Å². The normalized spacial score (nSPS) is 19.8. The zero-order chi connectivity index (χ0) is 10.7. The Bertz CT molecular complexity index is 391. The van der Waals surface area contributed by atoms with Crippen molar-refractivity contribution >= 4 is 11.4 Å². The van der Waals surface area contributed by atoms with Crippen LogP contribution >= 0.6 is 0 Å². The number of hydrogen-bond donors (Lipinski definition) is 2. The highest BCUT2D eigenvalue weighted by atomic mass is 16.5. The van der Waals surface area contributed by atoms with E-state index in [1.165, 1.54) is 0 Å². The van der Waals surface area contributed by atoms with Crippen molar-refractivity contribution in [3.63, 3.8) is 0 Å². The minimum atomic E-state index is 0.307. The Morgan fingerprint density at radius 2 is 2.40 bits per heavy atom. The first-order valence-electron chi connectivity index (χ1n) is 4.94. The Morgan fingerprint density at radius 3 is 3.07 bits per heavy atom. The average Bonchev–Trinajstić information content (AvgIpc) is 2.74. The number of nitriles is 1. The van der Waals surface area contributed by atoms with Crippen LogP contribution in [0, 0.1) is 11.3 Å². The summed E-state index contributed by atoms with van der Waals surface area (Å²) in [5, 5.41) is 12.1. The maximum absolute atomic E-state index is 8.82. The summed E-state index contributed by atoms with van der Waals surface area (Å²) in [6.07, 6.45) is 0.982. The molecule has 1 fully saturated rings. The fraction of sp³-hybridized carbons (Fsp3) is 0.364. The molecule has 1 aliphatic rings. The monoisotopic (exact) mass is 203 g/mol. The molecule has 1 heterocycles. The van der Waals surface area contributed by atoms with Gasteiger partial charge in [0, 0.05) is 6.61 Å². The van der Waals surface area contributed by atoms with Crippen molar-refractivity contribution < 1.29 is 4.74 Å². The van der Waals surface area contributed by atoms with E-state index < -0.39 is 0 Å². The van der Waals surface area contributed by atoms with Crippen LogP contribution in [0.15, 0.2) is 18.2 Å². The van der Waals surface area contributed by atoms with Gasteiger partial charge in [0.1, 0.15) is 6.07 Å². The van der Waals surface area contributed by atoms with Gasteiger partial charge in [-0.05, 0) is 18.6 Å². The number of benzene rings is 1. The maximum atomic E-state index is 8.82. The third-order valence-electron chi connectivity index (χ3n) is 2.52. The van der Waals surface area contributed by atoms with Gasteiger partial charge in [-0.2, -0.15) is 5.26 Å². The molecule has 78 valence electrons. The van der Waals surface area contributed by atoms with Crippen LogP contribution in [0.1, 0.15) is 12.0 Å². The second-order valence-electron chi connectivity index (χ2n) is 3.58. The molecule has 2 rings (SSSR count). The van der Waals surface area contributed by atoms with Gasteiger partial charge in [0.2, 0.25) is 0 Å². The molecule has 0 bridgehead atoms. The lowest BCUT2D eigenvalue weighted by Gasteiger charge is -2.14. The fourth-order valence-corrected chi connectivity index (χ4v) is 1.66. The van der Waals surface area contributed by atoms with E-state index in [9.17, 15) is 0 Å². The fourth-order valence-electron chi connectivity index (χ4n) is 1.66. The molecule has 1 unspecified atom stereocenters. The van der Waals surface area contributed by atoms with E-state index >= 15 is 0 Å². The molecule has 0 aliphatic carbocycles. The number of nitrogens with zero attached hydrogens (tertiary/aromatic N) is 1. The standard InChI is InChI=1S/C11H13N3O/c12-6-8-2-1-3-10(11(8)13)14-9-4-5-15-7-9/h1-3,9,14H,4-5,7,13H2. The molecule has 3 N–H and O–H groups in total. The molecule has 0 aromatic heterocycles. The van der Waals surface area contributed by atoms with E-state index in [0.29, 0.717) is 23.9 Å². The zero-order valence-electron chi connectivity index (χ0n) is 8.36. The lowest BCUT2D eigenvalue weighted by molar-refractivity contribution is 0.195. The first kappa shape index (κ1) is 9.81. The Balaban J connectivity index is 2.17. The average molecular weight is 203 g/mol. The maximum Gasteiger partial charge on any atom is 0.101 e. The number of ether oxygens (including phenoxy) is 1. The van der Waals surface area contributed by atoms with Crippen LogP contribution in [-0.4, -0.2) is 19.3 Å².